The van der Waals surface area contributed by atoms with Crippen LogP contribution in [0.15, 0.2) is 18.2 Å². The zero-order chi connectivity index (χ0) is 18.8. The van der Waals surface area contributed by atoms with Crippen LogP contribution in [0.3, 0.4) is 0 Å². The maximum atomic E-state index is 13.4. The van der Waals surface area contributed by atoms with Gasteiger partial charge in [0.15, 0.2) is 11.6 Å². The Morgan fingerprint density at radius 2 is 1.74 bits per heavy atom. The van der Waals surface area contributed by atoms with Crippen molar-refractivity contribution in [1.29, 1.82) is 0 Å². The number of hydrogen-bond acceptors (Lipinski definition) is 3. The molecule has 0 radical (unpaired) electrons. The molecule has 2 heterocycles. The van der Waals surface area contributed by atoms with E-state index in [4.69, 9.17) is 0 Å². The molecule has 27 heavy (non-hydrogen) atoms. The van der Waals surface area contributed by atoms with Gasteiger partial charge in [0.1, 0.15) is 0 Å². The number of fused-ring (bicyclic) bond motifs is 1. The monoisotopic (exact) mass is 377 g/mol. The summed E-state index contributed by atoms with van der Waals surface area (Å²) in [4.78, 5) is 17.0. The number of carbonyl (C=O) groups excluding carboxylic acids is 1. The van der Waals surface area contributed by atoms with Crippen LogP contribution < -0.4 is 5.32 Å². The number of hydrogen-bond donors (Lipinski definition) is 1. The quantitative estimate of drug-likeness (QED) is 0.857. The molecule has 3 atom stereocenters. The topological polar surface area (TPSA) is 35.6 Å². The van der Waals surface area contributed by atoms with Gasteiger partial charge in [-0.25, -0.2) is 8.78 Å². The predicted octanol–water partition coefficient (Wildman–Crippen LogP) is 2.78. The fraction of sp³-hybridized carbons (Fsp3) is 0.667. The average Bonchev–Trinajstić information content (AvgIpc) is 2.99. The van der Waals surface area contributed by atoms with Crippen molar-refractivity contribution in [2.75, 3.05) is 32.7 Å². The predicted molar refractivity (Wildman–Crippen MR) is 100 cm³/mol. The van der Waals surface area contributed by atoms with Crippen molar-refractivity contribution in [3.63, 3.8) is 0 Å². The molecule has 1 aliphatic carbocycles. The Morgan fingerprint density at radius 3 is 2.52 bits per heavy atom. The van der Waals surface area contributed by atoms with E-state index in [1.54, 1.807) is 6.07 Å². The van der Waals surface area contributed by atoms with E-state index in [1.807, 2.05) is 0 Å². The lowest BCUT2D eigenvalue weighted by Gasteiger charge is -2.35. The first-order chi connectivity index (χ1) is 13.1. The van der Waals surface area contributed by atoms with E-state index in [1.165, 1.54) is 31.4 Å². The van der Waals surface area contributed by atoms with Crippen molar-refractivity contribution in [2.45, 2.75) is 44.7 Å². The number of halogens is 2. The van der Waals surface area contributed by atoms with Crippen LogP contribution in [0, 0.1) is 23.5 Å². The highest BCUT2D eigenvalue weighted by atomic mass is 19.2. The summed E-state index contributed by atoms with van der Waals surface area (Å²) < 4.78 is 26.4. The Labute approximate surface area is 159 Å². The first-order valence-corrected chi connectivity index (χ1v) is 10.3. The van der Waals surface area contributed by atoms with Gasteiger partial charge in [-0.1, -0.05) is 18.9 Å². The molecule has 148 valence electrons. The summed E-state index contributed by atoms with van der Waals surface area (Å²) in [6.07, 6.45) is 5.80. The highest BCUT2D eigenvalue weighted by Crippen LogP contribution is 2.37. The molecule has 1 aromatic rings. The molecule has 0 bridgehead atoms. The molecule has 3 aliphatic rings. The average molecular weight is 377 g/mol. The van der Waals surface area contributed by atoms with Crippen molar-refractivity contribution in [1.82, 2.24) is 15.1 Å². The van der Waals surface area contributed by atoms with E-state index in [0.717, 1.165) is 51.1 Å². The summed E-state index contributed by atoms with van der Waals surface area (Å²) in [6.45, 7) is 5.39. The molecule has 0 spiro atoms. The summed E-state index contributed by atoms with van der Waals surface area (Å²) in [6, 6.07) is 4.57. The van der Waals surface area contributed by atoms with Gasteiger partial charge in [-0.2, -0.15) is 0 Å². The van der Waals surface area contributed by atoms with Crippen molar-refractivity contribution in [2.24, 2.45) is 11.8 Å². The van der Waals surface area contributed by atoms with E-state index in [2.05, 4.69) is 15.1 Å². The van der Waals surface area contributed by atoms with Crippen LogP contribution in [-0.4, -0.2) is 54.5 Å². The Morgan fingerprint density at radius 1 is 1.00 bits per heavy atom. The molecular weight excluding hydrogens is 348 g/mol. The minimum absolute atomic E-state index is 0.190. The van der Waals surface area contributed by atoms with Crippen LogP contribution in [0.1, 0.15) is 37.7 Å². The molecule has 0 aromatic heterocycles. The molecule has 4 rings (SSSR count). The Hall–Kier alpha value is -1.53. The van der Waals surface area contributed by atoms with Crippen molar-refractivity contribution in [3.05, 3.63) is 35.4 Å². The molecule has 2 saturated heterocycles. The third-order valence-electron chi connectivity index (χ3n) is 6.61. The zero-order valence-corrected chi connectivity index (χ0v) is 15.8. The second-order valence-electron chi connectivity index (χ2n) is 8.32. The van der Waals surface area contributed by atoms with E-state index in [-0.39, 0.29) is 11.8 Å². The van der Waals surface area contributed by atoms with Gasteiger partial charge < -0.3 is 10.2 Å². The zero-order valence-electron chi connectivity index (χ0n) is 15.8. The SMILES string of the molecule is O=C1NC2CCCCC2C1CCN1CCN(Cc2ccc(F)c(F)c2)CC1. The fourth-order valence-electron chi connectivity index (χ4n) is 5.04. The fourth-order valence-corrected chi connectivity index (χ4v) is 5.04. The lowest BCUT2D eigenvalue weighted by molar-refractivity contribution is -0.123. The summed E-state index contributed by atoms with van der Waals surface area (Å²) in [7, 11) is 0. The van der Waals surface area contributed by atoms with E-state index in [0.29, 0.717) is 18.5 Å². The molecular formula is C21H29F2N3O. The summed E-state index contributed by atoms with van der Waals surface area (Å²) >= 11 is 0. The maximum Gasteiger partial charge on any atom is 0.223 e. The first kappa shape index (κ1) is 18.8. The van der Waals surface area contributed by atoms with Crippen LogP contribution in [-0.2, 0) is 11.3 Å². The molecule has 3 unspecified atom stereocenters. The van der Waals surface area contributed by atoms with Gasteiger partial charge in [0.05, 0.1) is 0 Å². The smallest absolute Gasteiger partial charge is 0.223 e. The highest BCUT2D eigenvalue weighted by Gasteiger charge is 2.42. The third-order valence-corrected chi connectivity index (χ3v) is 6.61. The minimum Gasteiger partial charge on any atom is -0.353 e. The van der Waals surface area contributed by atoms with Crippen LogP contribution in [0.2, 0.25) is 0 Å². The number of amides is 1. The summed E-state index contributed by atoms with van der Waals surface area (Å²) in [5.74, 6) is -0.568. The number of carbonyl (C=O) groups is 1. The molecule has 2 aliphatic heterocycles. The minimum atomic E-state index is -0.792. The Balaban J connectivity index is 1.22. The van der Waals surface area contributed by atoms with Crippen molar-refractivity contribution >= 4 is 5.91 Å². The van der Waals surface area contributed by atoms with Crippen LogP contribution in [0.4, 0.5) is 8.78 Å². The summed E-state index contributed by atoms with van der Waals surface area (Å²) in [5, 5.41) is 3.21. The number of benzene rings is 1. The maximum absolute atomic E-state index is 13.4. The lowest BCUT2D eigenvalue weighted by Crippen LogP contribution is -2.46. The largest absolute Gasteiger partial charge is 0.353 e. The number of rotatable bonds is 5. The van der Waals surface area contributed by atoms with Gasteiger partial charge >= 0.3 is 0 Å². The van der Waals surface area contributed by atoms with Gasteiger partial charge in [0.2, 0.25) is 5.91 Å². The molecule has 1 amide bonds. The second kappa shape index (κ2) is 8.23. The lowest BCUT2D eigenvalue weighted by atomic mass is 9.78. The highest BCUT2D eigenvalue weighted by molar-refractivity contribution is 5.81. The van der Waals surface area contributed by atoms with Crippen molar-refractivity contribution in [3.8, 4) is 0 Å². The van der Waals surface area contributed by atoms with Crippen LogP contribution in [0.5, 0.6) is 0 Å². The van der Waals surface area contributed by atoms with E-state index in [9.17, 15) is 13.6 Å². The molecule has 6 heteroatoms. The summed E-state index contributed by atoms with van der Waals surface area (Å²) in [5.41, 5.74) is 0.813. The first-order valence-electron chi connectivity index (χ1n) is 10.3. The van der Waals surface area contributed by atoms with E-state index >= 15 is 0 Å². The standard InChI is InChI=1S/C21H29F2N3O/c22-18-6-5-15(13-19(18)23)14-26-11-9-25(10-12-26)8-7-17-16-3-1-2-4-20(16)24-21(17)27/h5-6,13,16-17,20H,1-4,7-12,14H2,(H,24,27). The molecule has 1 saturated carbocycles. The molecule has 3 fully saturated rings. The Bertz CT molecular complexity index is 675. The van der Waals surface area contributed by atoms with Gasteiger partial charge in [-0.3, -0.25) is 9.69 Å². The van der Waals surface area contributed by atoms with Crippen LogP contribution >= 0.6 is 0 Å². The normalized spacial score (nSPS) is 29.6. The van der Waals surface area contributed by atoms with Gasteiger partial charge in [0, 0.05) is 44.7 Å². The molecule has 1 N–H and O–H groups in total. The second-order valence-corrected chi connectivity index (χ2v) is 8.32. The Kier molecular flexibility index (Phi) is 5.74. The number of nitrogens with zero attached hydrogens (tertiary/aromatic N) is 2. The van der Waals surface area contributed by atoms with Gasteiger partial charge in [-0.15, -0.1) is 0 Å². The molecule has 1 aromatic carbocycles. The third kappa shape index (κ3) is 4.32. The van der Waals surface area contributed by atoms with Crippen molar-refractivity contribution < 1.29 is 13.6 Å². The number of nitrogens with one attached hydrogen (secondary N) is 1. The van der Waals surface area contributed by atoms with Gasteiger partial charge in [0.25, 0.3) is 0 Å². The van der Waals surface area contributed by atoms with E-state index < -0.39 is 11.6 Å². The van der Waals surface area contributed by atoms with Crippen LogP contribution in [0.25, 0.3) is 0 Å². The number of piperazine rings is 1. The van der Waals surface area contributed by atoms with Gasteiger partial charge in [-0.05, 0) is 49.4 Å². The molecule has 4 nitrogen and oxygen atoms in total.